The fourth-order valence-electron chi connectivity index (χ4n) is 4.14. The first-order chi connectivity index (χ1) is 14.7. The molecule has 1 saturated carbocycles. The van der Waals surface area contributed by atoms with Gasteiger partial charge in [0.25, 0.3) is 0 Å². The molecule has 8 nitrogen and oxygen atoms in total. The molecule has 2 N–H and O–H groups in total. The number of carbonyl (C=O) groups excluding carboxylic acids is 1. The van der Waals surface area contributed by atoms with Crippen LogP contribution in [0.25, 0.3) is 11.3 Å². The number of ether oxygens (including phenoxy) is 2. The van der Waals surface area contributed by atoms with Crippen molar-refractivity contribution < 1.29 is 19.4 Å². The van der Waals surface area contributed by atoms with Crippen LogP contribution >= 0.6 is 0 Å². The van der Waals surface area contributed by atoms with E-state index >= 15 is 0 Å². The van der Waals surface area contributed by atoms with E-state index in [-0.39, 0.29) is 36.7 Å². The molecule has 1 aromatic carbocycles. The number of aromatic nitrogens is 3. The summed E-state index contributed by atoms with van der Waals surface area (Å²) < 4.78 is 13.3. The van der Waals surface area contributed by atoms with Crippen LogP contribution in [-0.4, -0.2) is 58.0 Å². The maximum atomic E-state index is 12.2. The van der Waals surface area contributed by atoms with Gasteiger partial charge in [-0.1, -0.05) is 23.8 Å². The van der Waals surface area contributed by atoms with Crippen LogP contribution in [0.2, 0.25) is 0 Å². The molecule has 2 heterocycles. The SMILES string of the molecule is COc1ccccc1-c1cn(CC[C@@H]2CC[C@H](NC(=O)C3CCC3)[C@H](CO)O2)nn1. The first-order valence-corrected chi connectivity index (χ1v) is 10.8. The molecule has 8 heteroatoms. The predicted molar refractivity (Wildman–Crippen MR) is 111 cm³/mol. The van der Waals surface area contributed by atoms with Gasteiger partial charge in [0.15, 0.2) is 0 Å². The third-order valence-electron chi connectivity index (χ3n) is 6.20. The van der Waals surface area contributed by atoms with Crippen molar-refractivity contribution in [2.75, 3.05) is 13.7 Å². The highest BCUT2D eigenvalue weighted by atomic mass is 16.5. The van der Waals surface area contributed by atoms with Gasteiger partial charge >= 0.3 is 0 Å². The summed E-state index contributed by atoms with van der Waals surface area (Å²) in [5.41, 5.74) is 1.68. The number of benzene rings is 1. The zero-order valence-corrected chi connectivity index (χ0v) is 17.4. The maximum absolute atomic E-state index is 12.2. The molecule has 162 valence electrons. The number of hydrogen-bond donors (Lipinski definition) is 2. The summed E-state index contributed by atoms with van der Waals surface area (Å²) >= 11 is 0. The van der Waals surface area contributed by atoms with Crippen molar-refractivity contribution in [1.82, 2.24) is 20.3 Å². The van der Waals surface area contributed by atoms with Crippen molar-refractivity contribution in [3.8, 4) is 17.0 Å². The molecular weight excluding hydrogens is 384 g/mol. The quantitative estimate of drug-likeness (QED) is 0.687. The lowest BCUT2D eigenvalue weighted by Gasteiger charge is -2.37. The molecule has 30 heavy (non-hydrogen) atoms. The first-order valence-electron chi connectivity index (χ1n) is 10.8. The number of aliphatic hydroxyl groups is 1. The van der Waals surface area contributed by atoms with E-state index in [4.69, 9.17) is 9.47 Å². The van der Waals surface area contributed by atoms with Crippen molar-refractivity contribution in [2.45, 2.75) is 63.3 Å². The van der Waals surface area contributed by atoms with Crippen LogP contribution in [-0.2, 0) is 16.1 Å². The van der Waals surface area contributed by atoms with Crippen molar-refractivity contribution in [1.29, 1.82) is 0 Å². The Kier molecular flexibility index (Phi) is 6.64. The standard InChI is InChI=1S/C22H30N4O4/c1-29-20-8-3-2-7-17(20)19-13-26(25-24-19)12-11-16-9-10-18(21(14-27)30-16)23-22(28)15-5-4-6-15/h2-3,7-8,13,15-16,18,21,27H,4-6,9-12,14H2,1H3,(H,23,28)/t16-,18-,21-/m0/s1. The van der Waals surface area contributed by atoms with Gasteiger partial charge in [0.05, 0.1) is 32.1 Å². The molecule has 0 bridgehead atoms. The third-order valence-corrected chi connectivity index (χ3v) is 6.20. The molecule has 0 radical (unpaired) electrons. The Morgan fingerprint density at radius 1 is 1.30 bits per heavy atom. The highest BCUT2D eigenvalue weighted by Crippen LogP contribution is 2.29. The Bertz CT molecular complexity index is 851. The van der Waals surface area contributed by atoms with E-state index in [1.54, 1.807) is 7.11 Å². The van der Waals surface area contributed by atoms with Gasteiger partial charge in [-0.2, -0.15) is 0 Å². The molecule has 1 saturated heterocycles. The van der Waals surface area contributed by atoms with Gasteiger partial charge < -0.3 is 19.9 Å². The minimum Gasteiger partial charge on any atom is -0.496 e. The first kappa shape index (κ1) is 20.8. The van der Waals surface area contributed by atoms with Crippen LogP contribution in [0.4, 0.5) is 0 Å². The predicted octanol–water partition coefficient (Wildman–Crippen LogP) is 2.17. The molecule has 0 unspecified atom stereocenters. The average Bonchev–Trinajstić information content (AvgIpc) is 3.20. The fraction of sp³-hybridized carbons (Fsp3) is 0.591. The topological polar surface area (TPSA) is 98.5 Å². The Balaban J connectivity index is 1.29. The van der Waals surface area contributed by atoms with E-state index in [9.17, 15) is 9.90 Å². The molecule has 2 aliphatic rings. The lowest BCUT2D eigenvalue weighted by Crippen LogP contribution is -2.52. The van der Waals surface area contributed by atoms with Gasteiger partial charge in [-0.15, -0.1) is 5.10 Å². The van der Waals surface area contributed by atoms with Crippen molar-refractivity contribution in [3.63, 3.8) is 0 Å². The smallest absolute Gasteiger partial charge is 0.223 e. The second kappa shape index (κ2) is 9.57. The molecule has 1 aliphatic carbocycles. The Hall–Kier alpha value is -2.45. The number of aliphatic hydroxyl groups excluding tert-OH is 1. The highest BCUT2D eigenvalue weighted by Gasteiger charge is 2.34. The van der Waals surface area contributed by atoms with Gasteiger partial charge in [0, 0.05) is 18.0 Å². The molecule has 2 aromatic rings. The van der Waals surface area contributed by atoms with Crippen LogP contribution in [0.3, 0.4) is 0 Å². The van der Waals surface area contributed by atoms with Gasteiger partial charge in [0.1, 0.15) is 17.5 Å². The normalized spacial score (nSPS) is 24.3. The van der Waals surface area contributed by atoms with Gasteiger partial charge in [-0.3, -0.25) is 9.48 Å². The van der Waals surface area contributed by atoms with Gasteiger partial charge in [-0.25, -0.2) is 0 Å². The Labute approximate surface area is 176 Å². The minimum absolute atomic E-state index is 0.0258. The lowest BCUT2D eigenvalue weighted by atomic mass is 9.84. The average molecular weight is 415 g/mol. The summed E-state index contributed by atoms with van der Waals surface area (Å²) in [7, 11) is 1.64. The molecule has 1 amide bonds. The molecule has 0 spiro atoms. The third kappa shape index (κ3) is 4.65. The van der Waals surface area contributed by atoms with Crippen LogP contribution < -0.4 is 10.1 Å². The number of rotatable bonds is 8. The van der Waals surface area contributed by atoms with Crippen LogP contribution in [0.5, 0.6) is 5.75 Å². The number of nitrogens with zero attached hydrogens (tertiary/aromatic N) is 3. The summed E-state index contributed by atoms with van der Waals surface area (Å²) in [6.45, 7) is 0.581. The number of para-hydroxylation sites is 1. The van der Waals surface area contributed by atoms with E-state index in [1.807, 2.05) is 35.1 Å². The van der Waals surface area contributed by atoms with E-state index in [1.165, 1.54) is 0 Å². The van der Waals surface area contributed by atoms with Crippen LogP contribution in [0.1, 0.15) is 38.5 Å². The second-order valence-corrected chi connectivity index (χ2v) is 8.16. The number of aryl methyl sites for hydroxylation is 1. The lowest BCUT2D eigenvalue weighted by molar-refractivity contribution is -0.134. The monoisotopic (exact) mass is 414 g/mol. The number of hydrogen-bond acceptors (Lipinski definition) is 6. The van der Waals surface area contributed by atoms with Gasteiger partial charge in [0.2, 0.25) is 5.91 Å². The summed E-state index contributed by atoms with van der Waals surface area (Å²) in [6, 6.07) is 7.62. The Morgan fingerprint density at radius 3 is 2.87 bits per heavy atom. The summed E-state index contributed by atoms with van der Waals surface area (Å²) in [5, 5.41) is 21.3. The number of amides is 1. The van der Waals surface area contributed by atoms with Gasteiger partial charge in [-0.05, 0) is 44.2 Å². The number of nitrogens with one attached hydrogen (secondary N) is 1. The molecule has 4 rings (SSSR count). The molecular formula is C22H30N4O4. The molecule has 3 atom stereocenters. The highest BCUT2D eigenvalue weighted by molar-refractivity contribution is 5.79. The zero-order valence-electron chi connectivity index (χ0n) is 17.4. The fourth-order valence-corrected chi connectivity index (χ4v) is 4.14. The van der Waals surface area contributed by atoms with E-state index < -0.39 is 0 Å². The molecule has 1 aromatic heterocycles. The maximum Gasteiger partial charge on any atom is 0.223 e. The molecule has 1 aliphatic heterocycles. The van der Waals surface area contributed by atoms with Crippen molar-refractivity contribution in [3.05, 3.63) is 30.5 Å². The zero-order chi connectivity index (χ0) is 20.9. The number of carbonyl (C=O) groups is 1. The summed E-state index contributed by atoms with van der Waals surface area (Å²) in [4.78, 5) is 12.2. The number of methoxy groups -OCH3 is 1. The summed E-state index contributed by atoms with van der Waals surface area (Å²) in [5.74, 6) is 1.02. The molecule has 2 fully saturated rings. The minimum atomic E-state index is -0.354. The van der Waals surface area contributed by atoms with E-state index in [2.05, 4.69) is 15.6 Å². The van der Waals surface area contributed by atoms with Crippen molar-refractivity contribution >= 4 is 5.91 Å². The Morgan fingerprint density at radius 2 is 2.13 bits per heavy atom. The van der Waals surface area contributed by atoms with E-state index in [0.717, 1.165) is 55.5 Å². The van der Waals surface area contributed by atoms with Crippen LogP contribution in [0, 0.1) is 5.92 Å². The van der Waals surface area contributed by atoms with Crippen LogP contribution in [0.15, 0.2) is 30.5 Å². The van der Waals surface area contributed by atoms with E-state index in [0.29, 0.717) is 6.54 Å². The second-order valence-electron chi connectivity index (χ2n) is 8.16. The largest absolute Gasteiger partial charge is 0.496 e. The van der Waals surface area contributed by atoms with Crippen molar-refractivity contribution in [2.24, 2.45) is 5.92 Å². The summed E-state index contributed by atoms with van der Waals surface area (Å²) in [6.07, 6.45) is 7.09.